The van der Waals surface area contributed by atoms with Crippen molar-refractivity contribution in [3.05, 3.63) is 60.2 Å². The first-order chi connectivity index (χ1) is 12.3. The fourth-order valence-corrected chi connectivity index (χ4v) is 4.72. The normalized spacial score (nSPS) is 25.8. The summed E-state index contributed by atoms with van der Waals surface area (Å²) < 4.78 is 0. The van der Waals surface area contributed by atoms with Gasteiger partial charge in [-0.3, -0.25) is 4.79 Å². The Hall–Kier alpha value is -2.09. The predicted molar refractivity (Wildman–Crippen MR) is 102 cm³/mol. The Bertz CT molecular complexity index is 707. The molecule has 0 heterocycles. The van der Waals surface area contributed by atoms with Gasteiger partial charge < -0.3 is 5.32 Å². The number of rotatable bonds is 3. The fraction of sp³-hybridized carbons (Fsp3) is 0.435. The van der Waals surface area contributed by atoms with E-state index in [2.05, 4.69) is 17.4 Å². The Labute approximate surface area is 150 Å². The van der Waals surface area contributed by atoms with Crippen LogP contribution >= 0.6 is 0 Å². The average Bonchev–Trinajstić information content (AvgIpc) is 2.69. The van der Waals surface area contributed by atoms with E-state index in [1.54, 1.807) is 0 Å². The number of amides is 1. The molecule has 0 aliphatic heterocycles. The summed E-state index contributed by atoms with van der Waals surface area (Å²) in [7, 11) is 0. The number of carbonyl (C=O) groups is 1. The number of nitrogens with one attached hydrogen (secondary N) is 1. The molecule has 4 rings (SSSR count). The molecule has 2 heteroatoms. The van der Waals surface area contributed by atoms with Crippen LogP contribution in [0.4, 0.5) is 0 Å². The average molecular weight is 333 g/mol. The van der Waals surface area contributed by atoms with Gasteiger partial charge in [-0.2, -0.15) is 0 Å². The van der Waals surface area contributed by atoms with E-state index < -0.39 is 0 Å². The van der Waals surface area contributed by atoms with E-state index in [1.807, 2.05) is 42.5 Å². The lowest BCUT2D eigenvalue weighted by molar-refractivity contribution is 0.0879. The van der Waals surface area contributed by atoms with Crippen molar-refractivity contribution in [2.75, 3.05) is 0 Å². The van der Waals surface area contributed by atoms with Gasteiger partial charge in [0, 0.05) is 11.6 Å². The van der Waals surface area contributed by atoms with Crippen molar-refractivity contribution in [1.29, 1.82) is 0 Å². The molecular weight excluding hydrogens is 306 g/mol. The van der Waals surface area contributed by atoms with E-state index in [9.17, 15) is 4.79 Å². The highest BCUT2D eigenvalue weighted by Gasteiger charge is 2.32. The van der Waals surface area contributed by atoms with Gasteiger partial charge in [-0.15, -0.1) is 0 Å². The zero-order chi connectivity index (χ0) is 17.1. The van der Waals surface area contributed by atoms with E-state index in [0.717, 1.165) is 29.4 Å². The van der Waals surface area contributed by atoms with Crippen LogP contribution in [-0.2, 0) is 0 Å². The van der Waals surface area contributed by atoms with E-state index in [0.29, 0.717) is 6.04 Å². The number of hydrogen-bond donors (Lipinski definition) is 1. The van der Waals surface area contributed by atoms with Gasteiger partial charge in [0.2, 0.25) is 0 Å². The largest absolute Gasteiger partial charge is 0.349 e. The minimum atomic E-state index is 0.0823. The van der Waals surface area contributed by atoms with Gasteiger partial charge in [-0.25, -0.2) is 0 Å². The molecule has 2 aliphatic rings. The second-order valence-electron chi connectivity index (χ2n) is 7.73. The molecule has 1 N–H and O–H groups in total. The van der Waals surface area contributed by atoms with Crippen molar-refractivity contribution in [1.82, 2.24) is 5.32 Å². The van der Waals surface area contributed by atoms with Crippen LogP contribution < -0.4 is 5.32 Å². The maximum absolute atomic E-state index is 12.6. The highest BCUT2D eigenvalue weighted by molar-refractivity contribution is 5.94. The highest BCUT2D eigenvalue weighted by Crippen LogP contribution is 2.40. The third-order valence-corrected chi connectivity index (χ3v) is 6.13. The lowest BCUT2D eigenvalue weighted by Gasteiger charge is -2.39. The first-order valence-corrected chi connectivity index (χ1v) is 9.76. The van der Waals surface area contributed by atoms with Crippen molar-refractivity contribution in [3.8, 4) is 11.1 Å². The lowest BCUT2D eigenvalue weighted by atomic mass is 9.69. The molecule has 0 unspecified atom stereocenters. The molecular formula is C23H27NO. The SMILES string of the molecule is O=C(N[C@H]1CC[C@H]2CCCC[C@@H]2C1)c1ccc(-c2ccccc2)cc1. The molecule has 2 aromatic rings. The molecule has 2 aromatic carbocycles. The molecule has 2 aliphatic carbocycles. The Morgan fingerprint density at radius 3 is 2.20 bits per heavy atom. The lowest BCUT2D eigenvalue weighted by Crippen LogP contribution is -2.41. The van der Waals surface area contributed by atoms with Crippen LogP contribution in [0.3, 0.4) is 0 Å². The molecule has 2 fully saturated rings. The number of benzene rings is 2. The summed E-state index contributed by atoms with van der Waals surface area (Å²) in [6.07, 6.45) is 9.18. The van der Waals surface area contributed by atoms with Gasteiger partial charge in [0.25, 0.3) is 5.91 Å². The molecule has 0 spiro atoms. The van der Waals surface area contributed by atoms with Crippen LogP contribution in [0.25, 0.3) is 11.1 Å². The van der Waals surface area contributed by atoms with E-state index in [1.165, 1.54) is 44.1 Å². The summed E-state index contributed by atoms with van der Waals surface area (Å²) in [5, 5.41) is 3.29. The Morgan fingerprint density at radius 1 is 0.760 bits per heavy atom. The first kappa shape index (κ1) is 16.4. The van der Waals surface area contributed by atoms with Gasteiger partial charge in [-0.1, -0.05) is 68.1 Å². The number of carbonyl (C=O) groups excluding carboxylic acids is 1. The molecule has 2 nitrogen and oxygen atoms in total. The van der Waals surface area contributed by atoms with Crippen molar-refractivity contribution in [2.45, 2.75) is 51.0 Å². The number of fused-ring (bicyclic) bond motifs is 1. The van der Waals surface area contributed by atoms with Gasteiger partial charge in [0.05, 0.1) is 0 Å². The first-order valence-electron chi connectivity index (χ1n) is 9.76. The Balaban J connectivity index is 1.38. The minimum Gasteiger partial charge on any atom is -0.349 e. The summed E-state index contributed by atoms with van der Waals surface area (Å²) in [6, 6.07) is 18.6. The molecule has 2 saturated carbocycles. The summed E-state index contributed by atoms with van der Waals surface area (Å²) in [6.45, 7) is 0. The summed E-state index contributed by atoms with van der Waals surface area (Å²) >= 11 is 0. The Kier molecular flexibility index (Phi) is 4.87. The van der Waals surface area contributed by atoms with E-state index in [4.69, 9.17) is 0 Å². The Morgan fingerprint density at radius 2 is 1.44 bits per heavy atom. The summed E-state index contributed by atoms with van der Waals surface area (Å²) in [5.41, 5.74) is 3.11. The van der Waals surface area contributed by atoms with Crippen LogP contribution in [0.1, 0.15) is 55.3 Å². The highest BCUT2D eigenvalue weighted by atomic mass is 16.1. The summed E-state index contributed by atoms with van der Waals surface area (Å²) in [5.74, 6) is 1.85. The van der Waals surface area contributed by atoms with Crippen LogP contribution in [0, 0.1) is 11.8 Å². The molecule has 3 atom stereocenters. The van der Waals surface area contributed by atoms with E-state index in [-0.39, 0.29) is 5.91 Å². The van der Waals surface area contributed by atoms with Crippen molar-refractivity contribution < 1.29 is 4.79 Å². The van der Waals surface area contributed by atoms with Gasteiger partial charge >= 0.3 is 0 Å². The summed E-state index contributed by atoms with van der Waals surface area (Å²) in [4.78, 5) is 12.6. The smallest absolute Gasteiger partial charge is 0.251 e. The number of hydrogen-bond acceptors (Lipinski definition) is 1. The predicted octanol–water partition coefficient (Wildman–Crippen LogP) is 5.44. The van der Waals surface area contributed by atoms with Crippen LogP contribution in [0.5, 0.6) is 0 Å². The third-order valence-electron chi connectivity index (χ3n) is 6.13. The van der Waals surface area contributed by atoms with Crippen LogP contribution in [0.2, 0.25) is 0 Å². The molecule has 25 heavy (non-hydrogen) atoms. The van der Waals surface area contributed by atoms with Crippen LogP contribution in [-0.4, -0.2) is 11.9 Å². The standard InChI is InChI=1S/C23H27NO/c25-23(24-22-15-14-18-8-4-5-9-21(18)16-22)20-12-10-19(11-13-20)17-6-2-1-3-7-17/h1-3,6-7,10-13,18,21-22H,4-5,8-9,14-16H2,(H,24,25)/t18-,21-,22+/m1/s1. The molecule has 130 valence electrons. The molecule has 0 bridgehead atoms. The topological polar surface area (TPSA) is 29.1 Å². The van der Waals surface area contributed by atoms with Crippen molar-refractivity contribution in [3.63, 3.8) is 0 Å². The van der Waals surface area contributed by atoms with Crippen LogP contribution in [0.15, 0.2) is 54.6 Å². The molecule has 0 saturated heterocycles. The zero-order valence-corrected chi connectivity index (χ0v) is 14.8. The molecule has 1 amide bonds. The monoisotopic (exact) mass is 333 g/mol. The molecule has 0 aromatic heterocycles. The van der Waals surface area contributed by atoms with Gasteiger partial charge in [0.1, 0.15) is 0 Å². The zero-order valence-electron chi connectivity index (χ0n) is 14.8. The van der Waals surface area contributed by atoms with Gasteiger partial charge in [0.15, 0.2) is 0 Å². The third kappa shape index (κ3) is 3.78. The van der Waals surface area contributed by atoms with Gasteiger partial charge in [-0.05, 0) is 54.4 Å². The fourth-order valence-electron chi connectivity index (χ4n) is 4.72. The molecule has 0 radical (unpaired) electrons. The van der Waals surface area contributed by atoms with E-state index >= 15 is 0 Å². The second kappa shape index (κ2) is 7.43. The minimum absolute atomic E-state index is 0.0823. The van der Waals surface area contributed by atoms with Crippen molar-refractivity contribution >= 4 is 5.91 Å². The maximum atomic E-state index is 12.6. The van der Waals surface area contributed by atoms with Crippen molar-refractivity contribution in [2.24, 2.45) is 11.8 Å². The second-order valence-corrected chi connectivity index (χ2v) is 7.73. The maximum Gasteiger partial charge on any atom is 0.251 e. The quantitative estimate of drug-likeness (QED) is 0.796.